The lowest BCUT2D eigenvalue weighted by Gasteiger charge is -2.04. The molecular formula is C9H8BrClN2O3. The first-order valence-electron chi connectivity index (χ1n) is 4.31. The zero-order valence-electron chi connectivity index (χ0n) is 8.04. The van der Waals surface area contributed by atoms with Crippen molar-refractivity contribution in [2.45, 2.75) is 12.8 Å². The van der Waals surface area contributed by atoms with Gasteiger partial charge in [0, 0.05) is 6.42 Å². The van der Waals surface area contributed by atoms with Crippen LogP contribution in [-0.2, 0) is 9.59 Å². The van der Waals surface area contributed by atoms with Gasteiger partial charge in [0.05, 0.1) is 22.8 Å². The van der Waals surface area contributed by atoms with Crippen molar-refractivity contribution in [1.82, 2.24) is 4.98 Å². The zero-order valence-corrected chi connectivity index (χ0v) is 10.4. The second-order valence-electron chi connectivity index (χ2n) is 2.94. The fourth-order valence-electron chi connectivity index (χ4n) is 0.934. The van der Waals surface area contributed by atoms with Crippen molar-refractivity contribution in [3.8, 4) is 0 Å². The van der Waals surface area contributed by atoms with Gasteiger partial charge >= 0.3 is 5.97 Å². The van der Waals surface area contributed by atoms with Gasteiger partial charge in [-0.15, -0.1) is 0 Å². The highest BCUT2D eigenvalue weighted by Gasteiger charge is 2.07. The van der Waals surface area contributed by atoms with E-state index in [1.807, 2.05) is 0 Å². The molecule has 0 aliphatic heterocycles. The second-order valence-corrected chi connectivity index (χ2v) is 4.15. The van der Waals surface area contributed by atoms with Gasteiger partial charge < -0.3 is 10.4 Å². The number of aromatic nitrogens is 1. The smallest absolute Gasteiger partial charge is 0.303 e. The molecule has 1 heterocycles. The fraction of sp³-hybridized carbons (Fsp3) is 0.222. The molecule has 0 radical (unpaired) electrons. The number of carboxylic acid groups (broad SMARTS) is 1. The molecule has 5 nitrogen and oxygen atoms in total. The molecule has 1 aromatic heterocycles. The number of amides is 1. The summed E-state index contributed by atoms with van der Waals surface area (Å²) in [6.07, 6.45) is 1.12. The number of nitrogens with zero attached hydrogens (tertiary/aromatic N) is 1. The summed E-state index contributed by atoms with van der Waals surface area (Å²) in [6, 6.07) is 1.59. The lowest BCUT2D eigenvalue weighted by atomic mass is 10.3. The third kappa shape index (κ3) is 4.16. The molecule has 1 rings (SSSR count). The van der Waals surface area contributed by atoms with Gasteiger partial charge in [-0.25, -0.2) is 4.98 Å². The van der Waals surface area contributed by atoms with Crippen LogP contribution in [0.15, 0.2) is 16.7 Å². The summed E-state index contributed by atoms with van der Waals surface area (Å²) in [5, 5.41) is 11.2. The monoisotopic (exact) mass is 306 g/mol. The molecule has 0 aromatic carbocycles. The highest BCUT2D eigenvalue weighted by molar-refractivity contribution is 9.10. The van der Waals surface area contributed by atoms with Crippen molar-refractivity contribution in [2.75, 3.05) is 5.32 Å². The van der Waals surface area contributed by atoms with Crippen LogP contribution in [0.1, 0.15) is 12.8 Å². The van der Waals surface area contributed by atoms with Crippen LogP contribution in [-0.4, -0.2) is 22.0 Å². The molecule has 0 aliphatic carbocycles. The molecule has 86 valence electrons. The number of carbonyl (C=O) groups excluding carboxylic acids is 1. The molecular weight excluding hydrogens is 299 g/mol. The number of carboxylic acids is 1. The van der Waals surface area contributed by atoms with Crippen LogP contribution in [0, 0.1) is 0 Å². The molecule has 2 N–H and O–H groups in total. The number of halogens is 2. The van der Waals surface area contributed by atoms with Gasteiger partial charge in [-0.1, -0.05) is 11.6 Å². The van der Waals surface area contributed by atoms with E-state index in [1.165, 1.54) is 6.20 Å². The highest BCUT2D eigenvalue weighted by Crippen LogP contribution is 2.22. The van der Waals surface area contributed by atoms with Crippen LogP contribution in [0.4, 0.5) is 5.69 Å². The molecule has 1 amide bonds. The summed E-state index contributed by atoms with van der Waals surface area (Å²) in [7, 11) is 0. The maximum absolute atomic E-state index is 11.3. The van der Waals surface area contributed by atoms with Crippen LogP contribution in [0.2, 0.25) is 5.15 Å². The van der Waals surface area contributed by atoms with Crippen LogP contribution < -0.4 is 5.32 Å². The number of rotatable bonds is 4. The average molecular weight is 308 g/mol. The third-order valence-corrected chi connectivity index (χ3v) is 2.78. The Morgan fingerprint density at radius 1 is 1.50 bits per heavy atom. The maximum atomic E-state index is 11.3. The molecule has 0 atom stereocenters. The summed E-state index contributed by atoms with van der Waals surface area (Å²) in [4.78, 5) is 25.3. The van der Waals surface area contributed by atoms with E-state index < -0.39 is 5.97 Å². The number of aliphatic carboxylic acids is 1. The summed E-state index contributed by atoms with van der Waals surface area (Å²) in [5.41, 5.74) is 0.465. The first kappa shape index (κ1) is 12.9. The summed E-state index contributed by atoms with van der Waals surface area (Å²) in [5.74, 6) is -1.39. The van der Waals surface area contributed by atoms with E-state index in [0.717, 1.165) is 0 Å². The number of carbonyl (C=O) groups is 2. The van der Waals surface area contributed by atoms with E-state index in [1.54, 1.807) is 6.07 Å². The molecule has 0 fully saturated rings. The number of hydrogen-bond acceptors (Lipinski definition) is 3. The Bertz CT molecular complexity index is 425. The number of nitrogens with one attached hydrogen (secondary N) is 1. The van der Waals surface area contributed by atoms with E-state index in [0.29, 0.717) is 15.3 Å². The summed E-state index contributed by atoms with van der Waals surface area (Å²) >= 11 is 8.83. The van der Waals surface area contributed by atoms with Gasteiger partial charge in [0.1, 0.15) is 5.15 Å². The van der Waals surface area contributed by atoms with Crippen LogP contribution >= 0.6 is 27.5 Å². The number of hydrogen-bond donors (Lipinski definition) is 2. The van der Waals surface area contributed by atoms with E-state index in [4.69, 9.17) is 16.7 Å². The van der Waals surface area contributed by atoms with E-state index in [-0.39, 0.29) is 18.7 Å². The quantitative estimate of drug-likeness (QED) is 0.837. The van der Waals surface area contributed by atoms with Gasteiger partial charge in [-0.2, -0.15) is 0 Å². The van der Waals surface area contributed by atoms with Gasteiger partial charge in [0.15, 0.2) is 0 Å². The standard InChI is InChI=1S/C9H8BrClN2O3/c10-6-3-5(4-12-9(6)11)13-7(14)1-2-8(15)16/h3-4H,1-2H2,(H,13,14)(H,15,16). The topological polar surface area (TPSA) is 79.3 Å². The van der Waals surface area contributed by atoms with Crippen LogP contribution in [0.25, 0.3) is 0 Å². The molecule has 0 spiro atoms. The lowest BCUT2D eigenvalue weighted by molar-refractivity contribution is -0.138. The molecule has 7 heteroatoms. The van der Waals surface area contributed by atoms with Gasteiger partial charge in [0.25, 0.3) is 0 Å². The predicted octanol–water partition coefficient (Wildman–Crippen LogP) is 2.30. The van der Waals surface area contributed by atoms with E-state index in [9.17, 15) is 9.59 Å². The SMILES string of the molecule is O=C(O)CCC(=O)Nc1cnc(Cl)c(Br)c1. The molecule has 0 aliphatic rings. The fourth-order valence-corrected chi connectivity index (χ4v) is 1.39. The Morgan fingerprint density at radius 2 is 2.19 bits per heavy atom. The van der Waals surface area contributed by atoms with E-state index in [2.05, 4.69) is 26.2 Å². The minimum absolute atomic E-state index is 0.0738. The van der Waals surface area contributed by atoms with Gasteiger partial charge in [-0.3, -0.25) is 9.59 Å². The van der Waals surface area contributed by atoms with E-state index >= 15 is 0 Å². The van der Waals surface area contributed by atoms with Crippen LogP contribution in [0.5, 0.6) is 0 Å². The Kier molecular flexibility index (Phi) is 4.70. The largest absolute Gasteiger partial charge is 0.481 e. The van der Waals surface area contributed by atoms with Crippen molar-refractivity contribution in [3.63, 3.8) is 0 Å². The summed E-state index contributed by atoms with van der Waals surface area (Å²) in [6.45, 7) is 0. The predicted molar refractivity (Wildman–Crippen MR) is 62.4 cm³/mol. The van der Waals surface area contributed by atoms with Crippen molar-refractivity contribution < 1.29 is 14.7 Å². The van der Waals surface area contributed by atoms with Crippen molar-refractivity contribution in [1.29, 1.82) is 0 Å². The molecule has 0 bridgehead atoms. The average Bonchev–Trinajstić information content (AvgIpc) is 2.21. The Balaban J connectivity index is 2.56. The van der Waals surface area contributed by atoms with Gasteiger partial charge in [-0.05, 0) is 22.0 Å². The number of anilines is 1. The second kappa shape index (κ2) is 5.81. The first-order valence-corrected chi connectivity index (χ1v) is 5.49. The normalized spacial score (nSPS) is 9.88. The molecule has 0 saturated heterocycles. The molecule has 0 saturated carbocycles. The molecule has 16 heavy (non-hydrogen) atoms. The Morgan fingerprint density at radius 3 is 2.75 bits per heavy atom. The summed E-state index contributed by atoms with van der Waals surface area (Å²) < 4.78 is 0.560. The Labute approximate surface area is 105 Å². The third-order valence-electron chi connectivity index (χ3n) is 1.65. The van der Waals surface area contributed by atoms with Gasteiger partial charge in [0.2, 0.25) is 5.91 Å². The molecule has 1 aromatic rings. The number of pyridine rings is 1. The molecule has 0 unspecified atom stereocenters. The Hall–Kier alpha value is -1.14. The highest BCUT2D eigenvalue weighted by atomic mass is 79.9. The maximum Gasteiger partial charge on any atom is 0.303 e. The van der Waals surface area contributed by atoms with Crippen molar-refractivity contribution >= 4 is 45.1 Å². The zero-order chi connectivity index (χ0) is 12.1. The van der Waals surface area contributed by atoms with Crippen molar-refractivity contribution in [2.24, 2.45) is 0 Å². The minimum atomic E-state index is -1.01. The lowest BCUT2D eigenvalue weighted by Crippen LogP contribution is -2.13. The van der Waals surface area contributed by atoms with Crippen LogP contribution in [0.3, 0.4) is 0 Å². The minimum Gasteiger partial charge on any atom is -0.481 e. The van der Waals surface area contributed by atoms with Crippen molar-refractivity contribution in [3.05, 3.63) is 21.9 Å². The first-order chi connectivity index (χ1) is 7.49.